The van der Waals surface area contributed by atoms with E-state index in [1.54, 1.807) is 0 Å². The monoisotopic (exact) mass is 940 g/mol. The zero-order valence-corrected chi connectivity index (χ0v) is 37.8. The molecule has 0 radical (unpaired) electrons. The zero-order valence-electron chi connectivity index (χ0n) is 37.8. The molecular formula is C45H64N8O14. The first-order valence-corrected chi connectivity index (χ1v) is 22.6. The SMILES string of the molecule is CC(=O)NCCOCCOCCOCCC(=O)NCC1CCC(C(=O)N[C@@H](Cc2ccc3ccccc3c2)C(=O)NCCCC[C@H](NC(=O)N[C@@H](CCc2n[nH]c(=O)o2)C(=O)O)C(=O)O)CC1. The maximum absolute atomic E-state index is 13.7. The zero-order chi connectivity index (χ0) is 48.4. The maximum Gasteiger partial charge on any atom is 0.434 e. The normalized spacial score (nSPS) is 16.0. The number of amides is 6. The topological polar surface area (TPSA) is 319 Å². The minimum absolute atomic E-state index is 0.0226. The Kier molecular flexibility index (Phi) is 23.3. The number of benzene rings is 2. The summed E-state index contributed by atoms with van der Waals surface area (Å²) in [5.74, 6) is -4.56. The molecule has 1 aromatic heterocycles. The van der Waals surface area contributed by atoms with Gasteiger partial charge in [-0.1, -0.05) is 42.5 Å². The van der Waals surface area contributed by atoms with E-state index in [0.717, 1.165) is 29.2 Å². The molecule has 1 saturated carbocycles. The number of nitrogens with zero attached hydrogens (tertiary/aromatic N) is 1. The van der Waals surface area contributed by atoms with Crippen LogP contribution in [0.2, 0.25) is 0 Å². The molecule has 22 heteroatoms. The summed E-state index contributed by atoms with van der Waals surface area (Å²) in [5.41, 5.74) is 0.849. The molecule has 1 aliphatic carbocycles. The fraction of sp³-hybridized carbons (Fsp3) is 0.578. The quantitative estimate of drug-likeness (QED) is 0.0409. The van der Waals surface area contributed by atoms with Crippen molar-refractivity contribution in [3.05, 3.63) is 64.5 Å². The van der Waals surface area contributed by atoms with E-state index in [0.29, 0.717) is 65.4 Å². The summed E-state index contributed by atoms with van der Waals surface area (Å²) in [5, 5.41) is 42.9. The van der Waals surface area contributed by atoms with E-state index in [1.807, 2.05) is 42.5 Å². The molecule has 1 heterocycles. The van der Waals surface area contributed by atoms with Crippen molar-refractivity contribution in [1.82, 2.24) is 42.1 Å². The van der Waals surface area contributed by atoms with Gasteiger partial charge in [0.2, 0.25) is 29.5 Å². The second-order valence-electron chi connectivity index (χ2n) is 16.3. The highest BCUT2D eigenvalue weighted by atomic mass is 16.5. The van der Waals surface area contributed by atoms with Crippen LogP contribution in [0.5, 0.6) is 0 Å². The molecule has 3 aromatic rings. The van der Waals surface area contributed by atoms with Crippen LogP contribution in [0.1, 0.15) is 76.2 Å². The molecule has 22 nitrogen and oxygen atoms in total. The summed E-state index contributed by atoms with van der Waals surface area (Å²) in [6, 6.07) is 8.97. The number of carbonyl (C=O) groups excluding carboxylic acids is 5. The van der Waals surface area contributed by atoms with Gasteiger partial charge < -0.3 is 60.7 Å². The number of hydrogen-bond donors (Lipinski definition) is 9. The van der Waals surface area contributed by atoms with E-state index >= 15 is 0 Å². The summed E-state index contributed by atoms with van der Waals surface area (Å²) in [7, 11) is 0. The van der Waals surface area contributed by atoms with Crippen molar-refractivity contribution in [2.45, 2.75) is 95.7 Å². The summed E-state index contributed by atoms with van der Waals surface area (Å²) >= 11 is 0. The van der Waals surface area contributed by atoms with Crippen molar-refractivity contribution in [3.63, 3.8) is 0 Å². The Morgan fingerprint density at radius 1 is 0.746 bits per heavy atom. The molecule has 1 fully saturated rings. The molecule has 0 spiro atoms. The van der Waals surface area contributed by atoms with E-state index in [1.165, 1.54) is 6.92 Å². The van der Waals surface area contributed by atoms with Gasteiger partial charge in [0.05, 0.1) is 39.6 Å². The summed E-state index contributed by atoms with van der Waals surface area (Å²) in [6.45, 7) is 4.69. The molecular weight excluding hydrogens is 877 g/mol. The molecule has 0 aliphatic heterocycles. The Hall–Kier alpha value is -6.39. The highest BCUT2D eigenvalue weighted by Gasteiger charge is 2.30. The molecule has 2 aromatic carbocycles. The number of unbranched alkanes of at least 4 members (excludes halogenated alkanes) is 1. The second kappa shape index (κ2) is 29.3. The van der Waals surface area contributed by atoms with Gasteiger partial charge in [-0.2, -0.15) is 0 Å². The fourth-order valence-corrected chi connectivity index (χ4v) is 7.40. The third-order valence-corrected chi connectivity index (χ3v) is 11.1. The number of fused-ring (bicyclic) bond motifs is 1. The van der Waals surface area contributed by atoms with Crippen LogP contribution in [0.3, 0.4) is 0 Å². The number of aliphatic carboxylic acids is 2. The summed E-state index contributed by atoms with van der Waals surface area (Å²) in [4.78, 5) is 97.9. The van der Waals surface area contributed by atoms with Crippen LogP contribution in [-0.2, 0) is 55.8 Å². The van der Waals surface area contributed by atoms with Crippen LogP contribution in [0.25, 0.3) is 10.8 Å². The smallest absolute Gasteiger partial charge is 0.434 e. The van der Waals surface area contributed by atoms with E-state index in [-0.39, 0.29) is 87.1 Å². The van der Waals surface area contributed by atoms with Crippen molar-refractivity contribution in [1.29, 1.82) is 0 Å². The predicted octanol–water partition coefficient (Wildman–Crippen LogP) is 1.17. The largest absolute Gasteiger partial charge is 0.480 e. The minimum atomic E-state index is -1.42. The predicted molar refractivity (Wildman–Crippen MR) is 241 cm³/mol. The van der Waals surface area contributed by atoms with Crippen LogP contribution in [0, 0.1) is 11.8 Å². The van der Waals surface area contributed by atoms with Gasteiger partial charge in [-0.3, -0.25) is 19.2 Å². The van der Waals surface area contributed by atoms with Crippen LogP contribution >= 0.6 is 0 Å². The third-order valence-electron chi connectivity index (χ3n) is 11.1. The molecule has 0 saturated heterocycles. The van der Waals surface area contributed by atoms with Crippen LogP contribution in [-0.4, -0.2) is 139 Å². The molecule has 0 bridgehead atoms. The molecule has 9 N–H and O–H groups in total. The molecule has 368 valence electrons. The number of aromatic amines is 1. The van der Waals surface area contributed by atoms with Crippen LogP contribution in [0.15, 0.2) is 51.7 Å². The Balaban J connectivity index is 1.17. The highest BCUT2D eigenvalue weighted by Crippen LogP contribution is 2.29. The number of carboxylic acids is 2. The molecule has 1 aliphatic rings. The van der Waals surface area contributed by atoms with Gasteiger partial charge in [0.1, 0.15) is 18.1 Å². The Labute approximate surface area is 387 Å². The van der Waals surface area contributed by atoms with E-state index in [9.17, 15) is 48.6 Å². The van der Waals surface area contributed by atoms with Crippen molar-refractivity contribution < 1.29 is 62.4 Å². The maximum atomic E-state index is 13.7. The number of carbonyl (C=O) groups is 7. The molecule has 3 atom stereocenters. The molecule has 4 rings (SSSR count). The van der Waals surface area contributed by atoms with Gasteiger partial charge in [0.15, 0.2) is 0 Å². The van der Waals surface area contributed by atoms with Gasteiger partial charge in [-0.05, 0) is 73.6 Å². The average Bonchev–Trinajstić information content (AvgIpc) is 3.73. The third kappa shape index (κ3) is 20.8. The van der Waals surface area contributed by atoms with Gasteiger partial charge in [-0.15, -0.1) is 5.10 Å². The number of urea groups is 1. The molecule has 0 unspecified atom stereocenters. The Morgan fingerprint density at radius 3 is 2.06 bits per heavy atom. The van der Waals surface area contributed by atoms with Gasteiger partial charge in [0.25, 0.3) is 0 Å². The highest BCUT2D eigenvalue weighted by molar-refractivity contribution is 5.89. The number of ether oxygens (including phenoxy) is 3. The minimum Gasteiger partial charge on any atom is -0.480 e. The second-order valence-corrected chi connectivity index (χ2v) is 16.3. The molecule has 67 heavy (non-hydrogen) atoms. The number of H-pyrrole nitrogens is 1. The number of aromatic nitrogens is 2. The van der Waals surface area contributed by atoms with Gasteiger partial charge in [-0.25, -0.2) is 24.3 Å². The number of carboxylic acid groups (broad SMARTS) is 2. The first-order valence-electron chi connectivity index (χ1n) is 22.6. The lowest BCUT2D eigenvalue weighted by atomic mass is 9.81. The first-order chi connectivity index (χ1) is 32.3. The standard InChI is InChI=1S/C45H64N8O14/c1-29(54)46-19-21-65-23-25-66-24-22-64-20-17-38(55)48-28-30-9-13-33(14-10-30)40(56)49-37(27-31-11-12-32-6-2-3-7-34(32)26-31)41(57)47-18-5-4-8-35(42(58)59)50-44(62)51-36(43(60)61)15-16-39-52-53-45(63)67-39/h2-3,6-7,11-12,26,30,33,35-37H,4-5,8-10,13-25,27-28H2,1H3,(H,46,54)(H,47,57)(H,48,55)(H,49,56)(H,53,63)(H,58,59)(H,60,61)(H2,50,51,62)/t30?,33?,35-,36-,37-/m0/s1. The average molecular weight is 941 g/mol. The Morgan fingerprint density at radius 2 is 1.40 bits per heavy atom. The van der Waals surface area contributed by atoms with Crippen molar-refractivity contribution in [3.8, 4) is 0 Å². The van der Waals surface area contributed by atoms with Gasteiger partial charge in [0, 0.05) is 51.7 Å². The number of rotatable bonds is 31. The van der Waals surface area contributed by atoms with E-state index in [2.05, 4.69) is 42.1 Å². The molecule has 6 amide bonds. The van der Waals surface area contributed by atoms with Crippen molar-refractivity contribution >= 4 is 52.4 Å². The number of nitrogens with one attached hydrogen (secondary N) is 7. The number of aryl methyl sites for hydroxylation is 1. The summed E-state index contributed by atoms with van der Waals surface area (Å²) < 4.78 is 21.0. The lowest BCUT2D eigenvalue weighted by Gasteiger charge is -2.29. The van der Waals surface area contributed by atoms with Crippen LogP contribution < -0.4 is 37.7 Å². The van der Waals surface area contributed by atoms with Crippen LogP contribution in [0.4, 0.5) is 4.79 Å². The van der Waals surface area contributed by atoms with E-state index < -0.39 is 47.8 Å². The first kappa shape index (κ1) is 53.2. The van der Waals surface area contributed by atoms with Crippen molar-refractivity contribution in [2.24, 2.45) is 11.8 Å². The van der Waals surface area contributed by atoms with Gasteiger partial charge >= 0.3 is 23.7 Å². The lowest BCUT2D eigenvalue weighted by Crippen LogP contribution is -2.51. The van der Waals surface area contributed by atoms with Crippen molar-refractivity contribution in [2.75, 3.05) is 59.3 Å². The lowest BCUT2D eigenvalue weighted by molar-refractivity contribution is -0.139. The number of hydrogen-bond acceptors (Lipinski definition) is 13. The Bertz CT molecular complexity index is 2120. The van der Waals surface area contributed by atoms with E-state index in [4.69, 9.17) is 18.6 Å². The summed E-state index contributed by atoms with van der Waals surface area (Å²) in [6.07, 6.45) is 3.41. The fourth-order valence-electron chi connectivity index (χ4n) is 7.40.